The molecule has 0 radical (unpaired) electrons. The van der Waals surface area contributed by atoms with Crippen molar-refractivity contribution in [2.75, 3.05) is 47.0 Å². The number of piperazine rings is 1. The molecule has 0 N–H and O–H groups in total. The van der Waals surface area contributed by atoms with Gasteiger partial charge in [-0.1, -0.05) is 6.07 Å². The zero-order valence-electron chi connectivity index (χ0n) is 17.8. The molecule has 3 rings (SSSR count). The SMILES string of the molecule is COc1cc(OC)cc(C(=O)N2CCN(C(=O)CCCOc3cccc(F)c3)CC2)c1. The Morgan fingerprint density at radius 3 is 2.16 bits per heavy atom. The van der Waals surface area contributed by atoms with Crippen LogP contribution in [0, 0.1) is 5.82 Å². The van der Waals surface area contributed by atoms with E-state index in [1.807, 2.05) is 0 Å². The molecule has 0 bridgehead atoms. The minimum Gasteiger partial charge on any atom is -0.497 e. The number of carbonyl (C=O) groups excluding carboxylic acids is 2. The van der Waals surface area contributed by atoms with Crippen LogP contribution in [0.2, 0.25) is 0 Å². The third-order valence-corrected chi connectivity index (χ3v) is 5.12. The number of methoxy groups -OCH3 is 2. The molecule has 0 spiro atoms. The Labute approximate surface area is 181 Å². The first kappa shape index (κ1) is 22.4. The van der Waals surface area contributed by atoms with Gasteiger partial charge in [0.1, 0.15) is 23.1 Å². The summed E-state index contributed by atoms with van der Waals surface area (Å²) in [6.45, 7) is 2.23. The van der Waals surface area contributed by atoms with E-state index in [-0.39, 0.29) is 17.6 Å². The topological polar surface area (TPSA) is 68.3 Å². The molecule has 1 aliphatic heterocycles. The summed E-state index contributed by atoms with van der Waals surface area (Å²) in [6, 6.07) is 11.0. The van der Waals surface area contributed by atoms with Crippen LogP contribution >= 0.6 is 0 Å². The molecule has 2 amide bonds. The van der Waals surface area contributed by atoms with E-state index in [1.54, 1.807) is 40.1 Å². The van der Waals surface area contributed by atoms with E-state index in [9.17, 15) is 14.0 Å². The van der Waals surface area contributed by atoms with Gasteiger partial charge in [-0.2, -0.15) is 0 Å². The number of carbonyl (C=O) groups is 2. The summed E-state index contributed by atoms with van der Waals surface area (Å²) in [6.07, 6.45) is 0.883. The van der Waals surface area contributed by atoms with Gasteiger partial charge in [-0.3, -0.25) is 9.59 Å². The molecule has 1 saturated heterocycles. The molecule has 0 aromatic heterocycles. The smallest absolute Gasteiger partial charge is 0.254 e. The number of amides is 2. The molecule has 0 atom stereocenters. The second kappa shape index (κ2) is 10.7. The van der Waals surface area contributed by atoms with Crippen LogP contribution in [0.5, 0.6) is 17.2 Å². The lowest BCUT2D eigenvalue weighted by Gasteiger charge is -2.35. The van der Waals surface area contributed by atoms with E-state index in [0.29, 0.717) is 68.4 Å². The fourth-order valence-electron chi connectivity index (χ4n) is 3.40. The Hall–Kier alpha value is -3.29. The van der Waals surface area contributed by atoms with Crippen molar-refractivity contribution in [1.82, 2.24) is 9.80 Å². The molecule has 166 valence electrons. The van der Waals surface area contributed by atoms with Crippen molar-refractivity contribution >= 4 is 11.8 Å². The summed E-state index contributed by atoms with van der Waals surface area (Å²) < 4.78 is 29.1. The number of hydrogen-bond donors (Lipinski definition) is 0. The fraction of sp³-hybridized carbons (Fsp3) is 0.391. The van der Waals surface area contributed by atoms with Crippen molar-refractivity contribution in [3.8, 4) is 17.2 Å². The van der Waals surface area contributed by atoms with Gasteiger partial charge in [0.25, 0.3) is 5.91 Å². The van der Waals surface area contributed by atoms with Crippen LogP contribution in [0.4, 0.5) is 4.39 Å². The Balaban J connectivity index is 1.44. The van der Waals surface area contributed by atoms with Crippen molar-refractivity contribution in [3.63, 3.8) is 0 Å². The summed E-state index contributed by atoms with van der Waals surface area (Å²) >= 11 is 0. The Morgan fingerprint density at radius 1 is 0.903 bits per heavy atom. The number of nitrogens with zero attached hydrogens (tertiary/aromatic N) is 2. The lowest BCUT2D eigenvalue weighted by molar-refractivity contribution is -0.132. The van der Waals surface area contributed by atoms with Crippen LogP contribution in [0.1, 0.15) is 23.2 Å². The minimum absolute atomic E-state index is 0.0259. The number of hydrogen-bond acceptors (Lipinski definition) is 5. The maximum atomic E-state index is 13.1. The third kappa shape index (κ3) is 6.10. The second-order valence-electron chi connectivity index (χ2n) is 7.18. The molecule has 0 unspecified atom stereocenters. The first-order valence-electron chi connectivity index (χ1n) is 10.2. The monoisotopic (exact) mass is 430 g/mol. The van der Waals surface area contributed by atoms with Crippen LogP contribution < -0.4 is 14.2 Å². The summed E-state index contributed by atoms with van der Waals surface area (Å²) in [5.41, 5.74) is 0.491. The van der Waals surface area contributed by atoms with Gasteiger partial charge in [0, 0.05) is 50.3 Å². The molecule has 31 heavy (non-hydrogen) atoms. The van der Waals surface area contributed by atoms with E-state index in [0.717, 1.165) is 0 Å². The molecule has 2 aromatic carbocycles. The molecule has 0 saturated carbocycles. The van der Waals surface area contributed by atoms with Crippen molar-refractivity contribution < 1.29 is 28.2 Å². The highest BCUT2D eigenvalue weighted by Gasteiger charge is 2.25. The van der Waals surface area contributed by atoms with Gasteiger partial charge in [0.15, 0.2) is 0 Å². The first-order valence-corrected chi connectivity index (χ1v) is 10.2. The predicted octanol–water partition coefficient (Wildman–Crippen LogP) is 2.99. The quantitative estimate of drug-likeness (QED) is 0.603. The first-order chi connectivity index (χ1) is 15.0. The Bertz CT molecular complexity index is 890. The van der Waals surface area contributed by atoms with Crippen molar-refractivity contribution in [1.29, 1.82) is 0 Å². The Kier molecular flexibility index (Phi) is 7.70. The second-order valence-corrected chi connectivity index (χ2v) is 7.18. The fourth-order valence-corrected chi connectivity index (χ4v) is 3.40. The van der Waals surface area contributed by atoms with Crippen molar-refractivity contribution in [3.05, 3.63) is 53.8 Å². The summed E-state index contributed by atoms with van der Waals surface area (Å²) in [7, 11) is 3.08. The number of rotatable bonds is 8. The predicted molar refractivity (Wildman–Crippen MR) is 113 cm³/mol. The average Bonchev–Trinajstić information content (AvgIpc) is 2.81. The van der Waals surface area contributed by atoms with Crippen LogP contribution in [0.3, 0.4) is 0 Å². The Morgan fingerprint density at radius 2 is 1.55 bits per heavy atom. The van der Waals surface area contributed by atoms with Crippen molar-refractivity contribution in [2.45, 2.75) is 12.8 Å². The van der Waals surface area contributed by atoms with Gasteiger partial charge in [0.2, 0.25) is 5.91 Å². The van der Waals surface area contributed by atoms with Crippen LogP contribution in [0.25, 0.3) is 0 Å². The zero-order valence-corrected chi connectivity index (χ0v) is 17.8. The highest BCUT2D eigenvalue weighted by molar-refractivity contribution is 5.95. The molecular formula is C23H27FN2O5. The largest absolute Gasteiger partial charge is 0.497 e. The molecule has 7 nitrogen and oxygen atoms in total. The van der Waals surface area contributed by atoms with Crippen molar-refractivity contribution in [2.24, 2.45) is 0 Å². The number of benzene rings is 2. The van der Waals surface area contributed by atoms with Gasteiger partial charge in [-0.05, 0) is 30.7 Å². The van der Waals surface area contributed by atoms with E-state index in [1.165, 1.54) is 26.4 Å². The van der Waals surface area contributed by atoms with Gasteiger partial charge in [0.05, 0.1) is 20.8 Å². The summed E-state index contributed by atoms with van der Waals surface area (Å²) in [5.74, 6) is 1.11. The van der Waals surface area contributed by atoms with Crippen LogP contribution in [-0.2, 0) is 4.79 Å². The molecule has 8 heteroatoms. The number of ether oxygens (including phenoxy) is 3. The summed E-state index contributed by atoms with van der Waals surface area (Å²) in [4.78, 5) is 28.8. The highest BCUT2D eigenvalue weighted by atomic mass is 19.1. The minimum atomic E-state index is -0.353. The van der Waals surface area contributed by atoms with E-state index >= 15 is 0 Å². The summed E-state index contributed by atoms with van der Waals surface area (Å²) in [5, 5.41) is 0. The van der Waals surface area contributed by atoms with Gasteiger partial charge in [-0.25, -0.2) is 4.39 Å². The van der Waals surface area contributed by atoms with Gasteiger partial charge < -0.3 is 24.0 Å². The zero-order chi connectivity index (χ0) is 22.2. The molecule has 1 heterocycles. The van der Waals surface area contributed by atoms with E-state index < -0.39 is 0 Å². The third-order valence-electron chi connectivity index (χ3n) is 5.12. The normalized spacial score (nSPS) is 13.6. The van der Waals surface area contributed by atoms with Gasteiger partial charge >= 0.3 is 0 Å². The lowest BCUT2D eigenvalue weighted by Crippen LogP contribution is -2.50. The van der Waals surface area contributed by atoms with Crippen LogP contribution in [0.15, 0.2) is 42.5 Å². The molecule has 1 fully saturated rings. The standard InChI is InChI=1S/C23H27FN2O5/c1-29-20-13-17(14-21(16-20)30-2)23(28)26-10-8-25(9-11-26)22(27)7-4-12-31-19-6-3-5-18(24)15-19/h3,5-6,13-16H,4,7-12H2,1-2H3. The maximum absolute atomic E-state index is 13.1. The van der Waals surface area contributed by atoms with Gasteiger partial charge in [-0.15, -0.1) is 0 Å². The maximum Gasteiger partial charge on any atom is 0.254 e. The molecule has 0 aliphatic carbocycles. The van der Waals surface area contributed by atoms with E-state index in [4.69, 9.17) is 14.2 Å². The van der Waals surface area contributed by atoms with Crippen LogP contribution in [-0.4, -0.2) is 68.6 Å². The van der Waals surface area contributed by atoms with E-state index in [2.05, 4.69) is 0 Å². The lowest BCUT2D eigenvalue weighted by atomic mass is 10.1. The average molecular weight is 430 g/mol. The molecule has 1 aliphatic rings. The number of halogens is 1. The molecular weight excluding hydrogens is 403 g/mol. The molecule has 2 aromatic rings. The highest BCUT2D eigenvalue weighted by Crippen LogP contribution is 2.24.